The summed E-state index contributed by atoms with van der Waals surface area (Å²) in [4.78, 5) is 12.4. The number of nitrogens with zero attached hydrogens (tertiary/aromatic N) is 1. The van der Waals surface area contributed by atoms with E-state index in [-0.39, 0.29) is 11.9 Å². The number of hydrogen-bond acceptors (Lipinski definition) is 4. The zero-order chi connectivity index (χ0) is 19.7. The number of rotatable bonds is 10. The second-order valence-corrected chi connectivity index (χ2v) is 9.06. The predicted molar refractivity (Wildman–Crippen MR) is 106 cm³/mol. The van der Waals surface area contributed by atoms with Crippen LogP contribution in [0.1, 0.15) is 51.5 Å². The Labute approximate surface area is 163 Å². The molecule has 0 bridgehead atoms. The number of unbranched alkanes of at least 4 members (excludes halogenated alkanes) is 2. The zero-order valence-corrected chi connectivity index (χ0v) is 17.3. The summed E-state index contributed by atoms with van der Waals surface area (Å²) in [5.41, 5.74) is 0.963. The number of sulfonamides is 1. The van der Waals surface area contributed by atoms with Gasteiger partial charge in [0.1, 0.15) is 0 Å². The summed E-state index contributed by atoms with van der Waals surface area (Å²) in [7, 11) is -3.46. The molecule has 0 saturated carbocycles. The molecule has 7 heteroatoms. The summed E-state index contributed by atoms with van der Waals surface area (Å²) in [5, 5.41) is 3.03. The van der Waals surface area contributed by atoms with Gasteiger partial charge < -0.3 is 10.1 Å². The Hall–Kier alpha value is -1.44. The SMILES string of the molecule is CCCCCC(C)NC(=O)CCc1ccc(S(=O)(=O)N2CCOCC2)cc1. The first-order valence-electron chi connectivity index (χ1n) is 9.89. The van der Waals surface area contributed by atoms with Crippen LogP contribution in [0, 0.1) is 0 Å². The highest BCUT2D eigenvalue weighted by molar-refractivity contribution is 7.89. The van der Waals surface area contributed by atoms with E-state index in [4.69, 9.17) is 4.74 Å². The van der Waals surface area contributed by atoms with Crippen molar-refractivity contribution in [1.82, 2.24) is 9.62 Å². The molecule has 1 aliphatic heterocycles. The topological polar surface area (TPSA) is 75.7 Å². The minimum atomic E-state index is -3.46. The van der Waals surface area contributed by atoms with E-state index in [2.05, 4.69) is 12.2 Å². The summed E-state index contributed by atoms with van der Waals surface area (Å²) in [6.45, 7) is 5.85. The van der Waals surface area contributed by atoms with Crippen LogP contribution in [0.4, 0.5) is 0 Å². The van der Waals surface area contributed by atoms with Crippen LogP contribution in [-0.2, 0) is 26.0 Å². The molecular weight excluding hydrogens is 364 g/mol. The van der Waals surface area contributed by atoms with E-state index in [0.717, 1.165) is 18.4 Å². The first kappa shape index (κ1) is 21.9. The van der Waals surface area contributed by atoms with Gasteiger partial charge in [-0.05, 0) is 37.5 Å². The highest BCUT2D eigenvalue weighted by atomic mass is 32.2. The highest BCUT2D eigenvalue weighted by Gasteiger charge is 2.26. The lowest BCUT2D eigenvalue weighted by Gasteiger charge is -2.26. The van der Waals surface area contributed by atoms with E-state index in [9.17, 15) is 13.2 Å². The number of aryl methyl sites for hydroxylation is 1. The average Bonchev–Trinajstić information content (AvgIpc) is 2.67. The third-order valence-electron chi connectivity index (χ3n) is 4.82. The van der Waals surface area contributed by atoms with Crippen molar-refractivity contribution in [2.24, 2.45) is 0 Å². The number of carbonyl (C=O) groups is 1. The summed E-state index contributed by atoms with van der Waals surface area (Å²) in [6, 6.07) is 7.05. The Bertz CT molecular complexity index is 682. The van der Waals surface area contributed by atoms with E-state index < -0.39 is 10.0 Å². The lowest BCUT2D eigenvalue weighted by molar-refractivity contribution is -0.121. The van der Waals surface area contributed by atoms with Crippen molar-refractivity contribution in [3.63, 3.8) is 0 Å². The molecule has 1 aromatic carbocycles. The molecule has 6 nitrogen and oxygen atoms in total. The molecule has 2 rings (SSSR count). The van der Waals surface area contributed by atoms with Gasteiger partial charge in [0.25, 0.3) is 0 Å². The van der Waals surface area contributed by atoms with Crippen molar-refractivity contribution in [2.75, 3.05) is 26.3 Å². The van der Waals surface area contributed by atoms with Gasteiger partial charge in [0, 0.05) is 25.6 Å². The third kappa shape index (κ3) is 6.90. The Balaban J connectivity index is 1.82. The Morgan fingerprint density at radius 2 is 1.85 bits per heavy atom. The lowest BCUT2D eigenvalue weighted by atomic mass is 10.1. The van der Waals surface area contributed by atoms with Crippen LogP contribution in [-0.4, -0.2) is 51.0 Å². The molecule has 1 atom stereocenters. The number of ether oxygens (including phenoxy) is 1. The molecule has 1 aliphatic rings. The first-order valence-corrected chi connectivity index (χ1v) is 11.3. The van der Waals surface area contributed by atoms with Crippen molar-refractivity contribution < 1.29 is 17.9 Å². The lowest BCUT2D eigenvalue weighted by Crippen LogP contribution is -2.40. The van der Waals surface area contributed by atoms with Crippen LogP contribution in [0.5, 0.6) is 0 Å². The van der Waals surface area contributed by atoms with Crippen molar-refractivity contribution in [3.8, 4) is 0 Å². The minimum Gasteiger partial charge on any atom is -0.379 e. The van der Waals surface area contributed by atoms with Gasteiger partial charge in [-0.1, -0.05) is 38.3 Å². The van der Waals surface area contributed by atoms with E-state index in [0.29, 0.717) is 44.0 Å². The van der Waals surface area contributed by atoms with Gasteiger partial charge in [0.05, 0.1) is 18.1 Å². The van der Waals surface area contributed by atoms with Crippen LogP contribution in [0.15, 0.2) is 29.2 Å². The molecule has 0 aliphatic carbocycles. The van der Waals surface area contributed by atoms with Crippen LogP contribution in [0.25, 0.3) is 0 Å². The molecule has 27 heavy (non-hydrogen) atoms. The fourth-order valence-electron chi connectivity index (χ4n) is 3.14. The van der Waals surface area contributed by atoms with E-state index in [1.54, 1.807) is 24.3 Å². The van der Waals surface area contributed by atoms with Crippen LogP contribution in [0.3, 0.4) is 0 Å². The largest absolute Gasteiger partial charge is 0.379 e. The van der Waals surface area contributed by atoms with Gasteiger partial charge in [-0.25, -0.2) is 8.42 Å². The molecule has 1 aromatic rings. The summed E-state index contributed by atoms with van der Waals surface area (Å²) in [5.74, 6) is 0.0454. The van der Waals surface area contributed by atoms with Gasteiger partial charge in [-0.3, -0.25) is 4.79 Å². The molecule has 1 amide bonds. The average molecular weight is 397 g/mol. The molecular formula is C20H32N2O4S. The monoisotopic (exact) mass is 396 g/mol. The number of carbonyl (C=O) groups excluding carboxylic acids is 1. The molecule has 152 valence electrons. The predicted octanol–water partition coefficient (Wildman–Crippen LogP) is 2.73. The normalized spacial score (nSPS) is 16.8. The Kier molecular flexibility index (Phi) is 8.73. The summed E-state index contributed by atoms with van der Waals surface area (Å²) >= 11 is 0. The van der Waals surface area contributed by atoms with Crippen molar-refractivity contribution in [3.05, 3.63) is 29.8 Å². The van der Waals surface area contributed by atoms with Gasteiger partial charge in [-0.15, -0.1) is 0 Å². The maximum atomic E-state index is 12.6. The zero-order valence-electron chi connectivity index (χ0n) is 16.4. The Morgan fingerprint density at radius 3 is 2.48 bits per heavy atom. The highest BCUT2D eigenvalue weighted by Crippen LogP contribution is 2.18. The molecule has 1 saturated heterocycles. The maximum absolute atomic E-state index is 12.6. The number of amides is 1. The van der Waals surface area contributed by atoms with Crippen molar-refractivity contribution >= 4 is 15.9 Å². The standard InChI is InChI=1S/C20H32N2O4S/c1-3-4-5-6-17(2)21-20(23)12-9-18-7-10-19(11-8-18)27(24,25)22-13-15-26-16-14-22/h7-8,10-11,17H,3-6,9,12-16H2,1-2H3,(H,21,23). The second kappa shape index (κ2) is 10.8. The van der Waals surface area contributed by atoms with Gasteiger partial charge in [-0.2, -0.15) is 4.31 Å². The van der Waals surface area contributed by atoms with E-state index in [1.807, 2.05) is 6.92 Å². The fraction of sp³-hybridized carbons (Fsp3) is 0.650. The second-order valence-electron chi connectivity index (χ2n) is 7.12. The van der Waals surface area contributed by atoms with E-state index >= 15 is 0 Å². The number of morpholine rings is 1. The van der Waals surface area contributed by atoms with Gasteiger partial charge >= 0.3 is 0 Å². The molecule has 1 unspecified atom stereocenters. The Morgan fingerprint density at radius 1 is 1.19 bits per heavy atom. The molecule has 0 spiro atoms. The first-order chi connectivity index (χ1) is 12.9. The van der Waals surface area contributed by atoms with Gasteiger partial charge in [0.15, 0.2) is 0 Å². The molecule has 0 aromatic heterocycles. The quantitative estimate of drug-likeness (QED) is 0.617. The number of nitrogens with one attached hydrogen (secondary N) is 1. The van der Waals surface area contributed by atoms with Gasteiger partial charge in [0.2, 0.25) is 15.9 Å². The number of hydrogen-bond donors (Lipinski definition) is 1. The maximum Gasteiger partial charge on any atom is 0.243 e. The van der Waals surface area contributed by atoms with Crippen LogP contribution >= 0.6 is 0 Å². The molecule has 0 radical (unpaired) electrons. The number of benzene rings is 1. The minimum absolute atomic E-state index is 0.0454. The summed E-state index contributed by atoms with van der Waals surface area (Å²) < 4.78 is 31.9. The molecule has 1 heterocycles. The van der Waals surface area contributed by atoms with Crippen LogP contribution in [0.2, 0.25) is 0 Å². The fourth-order valence-corrected chi connectivity index (χ4v) is 4.55. The van der Waals surface area contributed by atoms with Crippen molar-refractivity contribution in [1.29, 1.82) is 0 Å². The van der Waals surface area contributed by atoms with Crippen LogP contribution < -0.4 is 5.32 Å². The third-order valence-corrected chi connectivity index (χ3v) is 6.73. The molecule has 1 fully saturated rings. The summed E-state index contributed by atoms with van der Waals surface area (Å²) in [6.07, 6.45) is 5.53. The van der Waals surface area contributed by atoms with Crippen molar-refractivity contribution in [2.45, 2.75) is 63.3 Å². The van der Waals surface area contributed by atoms with E-state index in [1.165, 1.54) is 17.1 Å². The smallest absolute Gasteiger partial charge is 0.243 e. The molecule has 1 N–H and O–H groups in total.